The molecule has 9 nitrogen and oxygen atoms in total. The topological polar surface area (TPSA) is 114 Å². The third-order valence-electron chi connectivity index (χ3n) is 8.36. The van der Waals surface area contributed by atoms with Crippen LogP contribution in [0.25, 0.3) is 16.7 Å². The smallest absolute Gasteiger partial charge is 0.248 e. The highest BCUT2D eigenvalue weighted by molar-refractivity contribution is 6.33. The summed E-state index contributed by atoms with van der Waals surface area (Å²) in [5.74, 6) is 1.58. The SMILES string of the molecule is COc1ccccc1/C(C1=N/C(=C(\c2ccc(/C(=C3/C=CC(=O)N3)c3ccccc3OC)[nH]2)c2ccccc2OC)C=C1)=C1\C=CC(=O)N1. The van der Waals surface area contributed by atoms with Crippen LogP contribution in [0.3, 0.4) is 0 Å². The average Bonchev–Trinajstić information content (AvgIpc) is 3.97. The summed E-state index contributed by atoms with van der Waals surface area (Å²) in [5, 5.41) is 5.90. The monoisotopic (exact) mass is 648 g/mol. The van der Waals surface area contributed by atoms with Gasteiger partial charge in [0.05, 0.1) is 44.1 Å². The Hall–Kier alpha value is -6.61. The summed E-state index contributed by atoms with van der Waals surface area (Å²) in [5.41, 5.74) is 8.84. The van der Waals surface area contributed by atoms with Crippen molar-refractivity contribution in [1.82, 2.24) is 15.6 Å². The molecule has 0 atom stereocenters. The Labute approximate surface area is 283 Å². The molecule has 9 heteroatoms. The second kappa shape index (κ2) is 13.2. The van der Waals surface area contributed by atoms with Crippen molar-refractivity contribution in [3.63, 3.8) is 0 Å². The molecular weight excluding hydrogens is 616 g/mol. The van der Waals surface area contributed by atoms with Gasteiger partial charge >= 0.3 is 0 Å². The highest BCUT2D eigenvalue weighted by Gasteiger charge is 2.26. The minimum Gasteiger partial charge on any atom is -0.496 e. The average molecular weight is 649 g/mol. The molecule has 7 rings (SSSR count). The molecule has 3 aliphatic heterocycles. The van der Waals surface area contributed by atoms with Gasteiger partial charge in [-0.3, -0.25) is 9.59 Å². The van der Waals surface area contributed by atoms with Crippen molar-refractivity contribution >= 4 is 34.2 Å². The molecule has 4 heterocycles. The Morgan fingerprint density at radius 3 is 1.45 bits per heavy atom. The standard InChI is InChI=1S/C40H32N4O5/c1-47-33-13-7-4-10-24(33)38(27-16-18-29(41-27)39(31-20-22-36(45)43-31)25-11-5-8-14-34(25)48-2)28-17-19-30(42-28)40(32-21-23-37(46)44-32)26-12-6-9-15-35(26)49-3/h4-23,41H,1-3H3,(H,43,45)(H,44,46)/b38-28-,39-31-,40-32-. The number of benzene rings is 3. The summed E-state index contributed by atoms with van der Waals surface area (Å²) in [6, 6.07) is 27.1. The highest BCUT2D eigenvalue weighted by Crippen LogP contribution is 2.40. The van der Waals surface area contributed by atoms with Gasteiger partial charge in [0.1, 0.15) is 17.2 Å². The van der Waals surface area contributed by atoms with Crippen LogP contribution in [0.4, 0.5) is 0 Å². The van der Waals surface area contributed by atoms with E-state index >= 15 is 0 Å². The lowest BCUT2D eigenvalue weighted by molar-refractivity contribution is -0.116. The quantitative estimate of drug-likeness (QED) is 0.196. The number of aromatic amines is 1. The zero-order valence-corrected chi connectivity index (χ0v) is 27.0. The van der Waals surface area contributed by atoms with E-state index in [4.69, 9.17) is 19.2 Å². The molecule has 0 saturated heterocycles. The van der Waals surface area contributed by atoms with Crippen molar-refractivity contribution in [2.45, 2.75) is 0 Å². The first-order valence-electron chi connectivity index (χ1n) is 15.6. The number of aromatic nitrogens is 1. The summed E-state index contributed by atoms with van der Waals surface area (Å²) in [7, 11) is 4.88. The fourth-order valence-corrected chi connectivity index (χ4v) is 6.20. The number of carbonyl (C=O) groups is 2. The van der Waals surface area contributed by atoms with Crippen LogP contribution in [-0.2, 0) is 9.59 Å². The van der Waals surface area contributed by atoms with Crippen LogP contribution in [0.1, 0.15) is 28.1 Å². The minimum atomic E-state index is -0.206. The Balaban J connectivity index is 1.43. The van der Waals surface area contributed by atoms with Crippen molar-refractivity contribution in [2.75, 3.05) is 21.3 Å². The fraction of sp³-hybridized carbons (Fsp3) is 0.0750. The number of hydrogen-bond acceptors (Lipinski definition) is 6. The Morgan fingerprint density at radius 1 is 0.510 bits per heavy atom. The molecule has 0 bridgehead atoms. The molecule has 3 aromatic carbocycles. The number of carbonyl (C=O) groups excluding carboxylic acids is 2. The zero-order valence-electron chi connectivity index (χ0n) is 27.0. The van der Waals surface area contributed by atoms with E-state index in [2.05, 4.69) is 15.6 Å². The van der Waals surface area contributed by atoms with Gasteiger partial charge in [0.25, 0.3) is 0 Å². The molecule has 1 aromatic heterocycles. The fourth-order valence-electron chi connectivity index (χ4n) is 6.20. The van der Waals surface area contributed by atoms with Gasteiger partial charge in [0.15, 0.2) is 0 Å². The molecule has 0 fully saturated rings. The van der Waals surface area contributed by atoms with Crippen LogP contribution in [0.2, 0.25) is 0 Å². The van der Waals surface area contributed by atoms with Crippen LogP contribution >= 0.6 is 0 Å². The van der Waals surface area contributed by atoms with E-state index in [1.54, 1.807) is 33.5 Å². The molecule has 0 aliphatic carbocycles. The molecule has 242 valence electrons. The maximum Gasteiger partial charge on any atom is 0.248 e. The molecular formula is C40H32N4O5. The number of allylic oxidation sites excluding steroid dienone is 5. The van der Waals surface area contributed by atoms with Gasteiger partial charge in [0.2, 0.25) is 11.8 Å². The van der Waals surface area contributed by atoms with Gasteiger partial charge in [-0.2, -0.15) is 0 Å². The Bertz CT molecular complexity index is 2230. The zero-order chi connectivity index (χ0) is 33.9. The molecule has 4 aromatic rings. The number of hydrogen-bond donors (Lipinski definition) is 3. The number of para-hydroxylation sites is 3. The normalized spacial score (nSPS) is 17.9. The van der Waals surface area contributed by atoms with Gasteiger partial charge in [-0.05, 0) is 54.6 Å². The third-order valence-corrected chi connectivity index (χ3v) is 8.36. The molecule has 0 unspecified atom stereocenters. The summed E-state index contributed by atoms with van der Waals surface area (Å²) < 4.78 is 17.3. The number of amides is 2. The molecule has 3 N–H and O–H groups in total. The predicted octanol–water partition coefficient (Wildman–Crippen LogP) is 6.35. The maximum absolute atomic E-state index is 12.3. The van der Waals surface area contributed by atoms with Gasteiger partial charge in [-0.1, -0.05) is 54.6 Å². The van der Waals surface area contributed by atoms with E-state index in [-0.39, 0.29) is 11.8 Å². The molecule has 0 radical (unpaired) electrons. The van der Waals surface area contributed by atoms with Crippen LogP contribution in [-0.4, -0.2) is 43.8 Å². The lowest BCUT2D eigenvalue weighted by Gasteiger charge is -2.16. The summed E-state index contributed by atoms with van der Waals surface area (Å²) in [6.07, 6.45) is 10.4. The van der Waals surface area contributed by atoms with E-state index in [1.165, 1.54) is 12.2 Å². The van der Waals surface area contributed by atoms with Crippen LogP contribution in [0, 0.1) is 0 Å². The van der Waals surface area contributed by atoms with E-state index in [0.717, 1.165) is 44.8 Å². The molecule has 0 saturated carbocycles. The van der Waals surface area contributed by atoms with Crippen molar-refractivity contribution < 1.29 is 23.8 Å². The number of nitrogens with zero attached hydrogens (tertiary/aromatic N) is 1. The lowest BCUT2D eigenvalue weighted by atomic mass is 9.98. The first-order valence-corrected chi connectivity index (χ1v) is 15.6. The molecule has 2 amide bonds. The first-order chi connectivity index (χ1) is 24.0. The molecule has 3 aliphatic rings. The van der Waals surface area contributed by atoms with Crippen molar-refractivity contribution in [1.29, 1.82) is 0 Å². The minimum absolute atomic E-state index is 0.197. The summed E-state index contributed by atoms with van der Waals surface area (Å²) >= 11 is 0. The van der Waals surface area contributed by atoms with Crippen LogP contribution in [0.15, 0.2) is 143 Å². The number of methoxy groups -OCH3 is 3. The number of H-pyrrole nitrogens is 1. The largest absolute Gasteiger partial charge is 0.496 e. The maximum atomic E-state index is 12.3. The first kappa shape index (κ1) is 31.0. The molecule has 0 spiro atoms. The van der Waals surface area contributed by atoms with E-state index in [0.29, 0.717) is 40.1 Å². The summed E-state index contributed by atoms with van der Waals surface area (Å²) in [6.45, 7) is 0. The Morgan fingerprint density at radius 2 is 0.959 bits per heavy atom. The van der Waals surface area contributed by atoms with Crippen molar-refractivity contribution in [2.24, 2.45) is 4.99 Å². The predicted molar refractivity (Wildman–Crippen MR) is 190 cm³/mol. The van der Waals surface area contributed by atoms with E-state index in [1.807, 2.05) is 97.1 Å². The second-order valence-electron chi connectivity index (χ2n) is 11.2. The third kappa shape index (κ3) is 5.89. The second-order valence-corrected chi connectivity index (χ2v) is 11.2. The number of nitrogens with one attached hydrogen (secondary N) is 3. The van der Waals surface area contributed by atoms with Crippen molar-refractivity contribution in [3.8, 4) is 17.2 Å². The number of rotatable bonds is 9. The summed E-state index contributed by atoms with van der Waals surface area (Å²) in [4.78, 5) is 33.4. The molecule has 49 heavy (non-hydrogen) atoms. The van der Waals surface area contributed by atoms with E-state index < -0.39 is 0 Å². The number of ether oxygens (including phenoxy) is 3. The van der Waals surface area contributed by atoms with E-state index in [9.17, 15) is 9.59 Å². The van der Waals surface area contributed by atoms with Crippen molar-refractivity contribution in [3.05, 3.63) is 167 Å². The van der Waals surface area contributed by atoms with Crippen LogP contribution < -0.4 is 24.8 Å². The van der Waals surface area contributed by atoms with Gasteiger partial charge in [-0.15, -0.1) is 0 Å². The lowest BCUT2D eigenvalue weighted by Crippen LogP contribution is -2.16. The Kier molecular flexibility index (Phi) is 8.39. The van der Waals surface area contributed by atoms with Gasteiger partial charge in [-0.25, -0.2) is 4.99 Å². The van der Waals surface area contributed by atoms with Crippen LogP contribution in [0.5, 0.6) is 17.2 Å². The number of aliphatic imine (C=N–C) groups is 1. The van der Waals surface area contributed by atoms with Gasteiger partial charge < -0.3 is 29.8 Å². The highest BCUT2D eigenvalue weighted by atomic mass is 16.5. The van der Waals surface area contributed by atoms with Gasteiger partial charge in [0, 0.05) is 56.9 Å².